The number of hydrogen-bond acceptors (Lipinski definition) is 3. The maximum Gasteiger partial charge on any atom is 0.315 e. The Balaban J connectivity index is 1.60. The van der Waals surface area contributed by atoms with E-state index in [0.717, 1.165) is 30.8 Å². The van der Waals surface area contributed by atoms with Gasteiger partial charge in [-0.05, 0) is 42.5 Å². The Kier molecular flexibility index (Phi) is 6.75. The predicted molar refractivity (Wildman–Crippen MR) is 117 cm³/mol. The molecule has 0 aliphatic carbocycles. The summed E-state index contributed by atoms with van der Waals surface area (Å²) in [4.78, 5) is 27.5. The highest BCUT2D eigenvalue weighted by atomic mass is 16.2. The van der Waals surface area contributed by atoms with Crippen molar-refractivity contribution in [2.24, 2.45) is 5.92 Å². The normalized spacial score (nSPS) is 13.7. The van der Waals surface area contributed by atoms with E-state index in [1.807, 2.05) is 56.3 Å². The molecule has 1 heterocycles. The standard InChI is InChI=1S/C23H30N4O2/c1-4-27-13-12-18-10-11-19(14-20(18)27)25-22(28)21(16(2)3)26-23(29)24-15-17-8-6-5-7-9-17/h5-11,14,16,21H,4,12-13,15H2,1-3H3,(H,25,28)(H2,24,26,29). The van der Waals surface area contributed by atoms with E-state index >= 15 is 0 Å². The zero-order valence-electron chi connectivity index (χ0n) is 17.4. The van der Waals surface area contributed by atoms with Crippen LogP contribution < -0.4 is 20.9 Å². The van der Waals surface area contributed by atoms with Gasteiger partial charge in [-0.1, -0.05) is 50.2 Å². The summed E-state index contributed by atoms with van der Waals surface area (Å²) in [5, 5.41) is 8.59. The lowest BCUT2D eigenvalue weighted by atomic mass is 10.0. The molecule has 0 spiro atoms. The molecule has 29 heavy (non-hydrogen) atoms. The minimum absolute atomic E-state index is 0.0426. The van der Waals surface area contributed by atoms with E-state index in [0.29, 0.717) is 6.54 Å². The third-order valence-corrected chi connectivity index (χ3v) is 5.26. The van der Waals surface area contributed by atoms with E-state index in [1.54, 1.807) is 0 Å². The number of rotatable bonds is 7. The Labute approximate surface area is 172 Å². The van der Waals surface area contributed by atoms with Gasteiger partial charge >= 0.3 is 6.03 Å². The Hall–Kier alpha value is -3.02. The molecule has 6 nitrogen and oxygen atoms in total. The predicted octanol–water partition coefficient (Wildman–Crippen LogP) is 3.53. The Morgan fingerprint density at radius 1 is 1.10 bits per heavy atom. The van der Waals surface area contributed by atoms with Gasteiger partial charge in [0.15, 0.2) is 0 Å². The monoisotopic (exact) mass is 394 g/mol. The number of hydrogen-bond donors (Lipinski definition) is 3. The molecule has 3 rings (SSSR count). The summed E-state index contributed by atoms with van der Waals surface area (Å²) in [5.41, 5.74) is 4.25. The average Bonchev–Trinajstić information content (AvgIpc) is 3.13. The molecule has 3 N–H and O–H groups in total. The van der Waals surface area contributed by atoms with Crippen LogP contribution in [-0.4, -0.2) is 31.1 Å². The summed E-state index contributed by atoms with van der Waals surface area (Å²) in [5.74, 6) is -0.255. The van der Waals surface area contributed by atoms with E-state index in [-0.39, 0.29) is 17.9 Å². The zero-order chi connectivity index (χ0) is 20.8. The number of amides is 3. The van der Waals surface area contributed by atoms with E-state index in [4.69, 9.17) is 0 Å². The second kappa shape index (κ2) is 9.45. The first-order valence-corrected chi connectivity index (χ1v) is 10.2. The average molecular weight is 395 g/mol. The van der Waals surface area contributed by atoms with Gasteiger partial charge in [0.1, 0.15) is 6.04 Å². The number of anilines is 2. The van der Waals surface area contributed by atoms with Gasteiger partial charge in [0.05, 0.1) is 0 Å². The second-order valence-electron chi connectivity index (χ2n) is 7.70. The largest absolute Gasteiger partial charge is 0.371 e. The van der Waals surface area contributed by atoms with Gasteiger partial charge in [-0.3, -0.25) is 4.79 Å². The molecule has 3 amide bonds. The van der Waals surface area contributed by atoms with Gasteiger partial charge in [0.25, 0.3) is 0 Å². The fraction of sp³-hybridized carbons (Fsp3) is 0.391. The molecule has 0 fully saturated rings. The highest BCUT2D eigenvalue weighted by molar-refractivity contribution is 5.97. The molecule has 1 aliphatic rings. The maximum atomic E-state index is 12.8. The first kappa shape index (κ1) is 20.7. The zero-order valence-corrected chi connectivity index (χ0v) is 17.4. The van der Waals surface area contributed by atoms with Crippen LogP contribution in [0.2, 0.25) is 0 Å². The Bertz CT molecular complexity index is 851. The topological polar surface area (TPSA) is 73.5 Å². The quantitative estimate of drug-likeness (QED) is 0.673. The van der Waals surface area contributed by atoms with Crippen LogP contribution in [0.3, 0.4) is 0 Å². The molecule has 0 bridgehead atoms. The minimum atomic E-state index is -0.624. The molecule has 0 radical (unpaired) electrons. The number of carbonyl (C=O) groups is 2. The highest BCUT2D eigenvalue weighted by Crippen LogP contribution is 2.30. The molecule has 0 saturated heterocycles. The van der Waals surface area contributed by atoms with Crippen LogP contribution in [0.4, 0.5) is 16.2 Å². The lowest BCUT2D eigenvalue weighted by molar-refractivity contribution is -0.118. The fourth-order valence-corrected chi connectivity index (χ4v) is 3.58. The van der Waals surface area contributed by atoms with Crippen LogP contribution in [0.5, 0.6) is 0 Å². The van der Waals surface area contributed by atoms with Gasteiger partial charge in [-0.15, -0.1) is 0 Å². The molecule has 1 unspecified atom stereocenters. The highest BCUT2D eigenvalue weighted by Gasteiger charge is 2.25. The third kappa shape index (κ3) is 5.28. The fourth-order valence-electron chi connectivity index (χ4n) is 3.58. The van der Waals surface area contributed by atoms with Crippen molar-refractivity contribution in [1.29, 1.82) is 0 Å². The van der Waals surface area contributed by atoms with Crippen molar-refractivity contribution in [3.63, 3.8) is 0 Å². The minimum Gasteiger partial charge on any atom is -0.371 e. The number of urea groups is 1. The van der Waals surface area contributed by atoms with E-state index in [1.165, 1.54) is 11.3 Å². The summed E-state index contributed by atoms with van der Waals surface area (Å²) in [6.45, 7) is 8.35. The van der Waals surface area contributed by atoms with E-state index in [2.05, 4.69) is 33.8 Å². The maximum absolute atomic E-state index is 12.8. The summed E-state index contributed by atoms with van der Waals surface area (Å²) < 4.78 is 0. The number of benzene rings is 2. The van der Waals surface area contributed by atoms with Gasteiger partial charge in [-0.25, -0.2) is 4.79 Å². The van der Waals surface area contributed by atoms with Crippen molar-refractivity contribution in [2.45, 2.75) is 39.8 Å². The number of nitrogens with zero attached hydrogens (tertiary/aromatic N) is 1. The second-order valence-corrected chi connectivity index (χ2v) is 7.70. The molecule has 1 atom stereocenters. The van der Waals surface area contributed by atoms with Gasteiger partial charge in [-0.2, -0.15) is 0 Å². The molecule has 6 heteroatoms. The Morgan fingerprint density at radius 3 is 2.55 bits per heavy atom. The number of nitrogens with one attached hydrogen (secondary N) is 3. The van der Waals surface area contributed by atoms with Crippen LogP contribution in [0.1, 0.15) is 31.9 Å². The number of fused-ring (bicyclic) bond motifs is 1. The van der Waals surface area contributed by atoms with Crippen molar-refractivity contribution in [3.8, 4) is 0 Å². The molecule has 2 aromatic rings. The summed E-state index contributed by atoms with van der Waals surface area (Å²) >= 11 is 0. The number of carbonyl (C=O) groups excluding carboxylic acids is 2. The number of likely N-dealkylation sites (N-methyl/N-ethyl adjacent to an activating group) is 1. The van der Waals surface area contributed by atoms with E-state index < -0.39 is 6.04 Å². The van der Waals surface area contributed by atoms with Crippen molar-refractivity contribution in [1.82, 2.24) is 10.6 Å². The van der Waals surface area contributed by atoms with Crippen molar-refractivity contribution >= 4 is 23.3 Å². The van der Waals surface area contributed by atoms with Crippen molar-refractivity contribution in [3.05, 3.63) is 59.7 Å². The van der Waals surface area contributed by atoms with Crippen LogP contribution >= 0.6 is 0 Å². The van der Waals surface area contributed by atoms with Crippen LogP contribution in [0.15, 0.2) is 48.5 Å². The summed E-state index contributed by atoms with van der Waals surface area (Å²) in [7, 11) is 0. The third-order valence-electron chi connectivity index (χ3n) is 5.26. The molecule has 0 aromatic heterocycles. The van der Waals surface area contributed by atoms with Crippen LogP contribution in [0, 0.1) is 5.92 Å². The van der Waals surface area contributed by atoms with Crippen LogP contribution in [0.25, 0.3) is 0 Å². The van der Waals surface area contributed by atoms with Gasteiger partial charge in [0.2, 0.25) is 5.91 Å². The molecule has 1 aliphatic heterocycles. The molecular weight excluding hydrogens is 364 g/mol. The van der Waals surface area contributed by atoms with Gasteiger partial charge in [0, 0.05) is 31.0 Å². The molecule has 0 saturated carbocycles. The van der Waals surface area contributed by atoms with Crippen molar-refractivity contribution < 1.29 is 9.59 Å². The van der Waals surface area contributed by atoms with Gasteiger partial charge < -0.3 is 20.9 Å². The molecular formula is C23H30N4O2. The molecule has 154 valence electrons. The van der Waals surface area contributed by atoms with Crippen LogP contribution in [-0.2, 0) is 17.8 Å². The Morgan fingerprint density at radius 2 is 1.86 bits per heavy atom. The van der Waals surface area contributed by atoms with E-state index in [9.17, 15) is 9.59 Å². The lowest BCUT2D eigenvalue weighted by Gasteiger charge is -2.23. The summed E-state index contributed by atoms with van der Waals surface area (Å²) in [6, 6.07) is 14.7. The SMILES string of the molecule is CCN1CCc2ccc(NC(=O)C(NC(=O)NCc3ccccc3)C(C)C)cc21. The summed E-state index contributed by atoms with van der Waals surface area (Å²) in [6.07, 6.45) is 1.04. The lowest BCUT2D eigenvalue weighted by Crippen LogP contribution is -2.50. The smallest absolute Gasteiger partial charge is 0.315 e. The van der Waals surface area contributed by atoms with Crippen molar-refractivity contribution in [2.75, 3.05) is 23.3 Å². The molecule has 2 aromatic carbocycles. The first-order chi connectivity index (χ1) is 14.0. The first-order valence-electron chi connectivity index (χ1n) is 10.2.